The predicted octanol–water partition coefficient (Wildman–Crippen LogP) is 1.97. The minimum atomic E-state index is -0.475. The van der Waals surface area contributed by atoms with Crippen molar-refractivity contribution >= 4 is 23.3 Å². The second kappa shape index (κ2) is 10.4. The van der Waals surface area contributed by atoms with Gasteiger partial charge < -0.3 is 4.74 Å². The molecule has 19 heavy (non-hydrogen) atoms. The quantitative estimate of drug-likeness (QED) is 0.545. The molecule has 0 fully saturated rings. The summed E-state index contributed by atoms with van der Waals surface area (Å²) >= 11 is 0. The average Bonchev–Trinajstić information content (AvgIpc) is 2.28. The van der Waals surface area contributed by atoms with Crippen LogP contribution in [0.5, 0.6) is 0 Å². The highest BCUT2D eigenvalue weighted by atomic mass is 16.5. The Morgan fingerprint density at radius 3 is 1.37 bits per heavy atom. The van der Waals surface area contributed by atoms with Crippen LogP contribution in [-0.2, 0) is 23.9 Å². The number of carbonyl (C=O) groups excluding carboxylic acids is 4. The highest BCUT2D eigenvalue weighted by molar-refractivity contribution is 6.00. The van der Waals surface area contributed by atoms with Gasteiger partial charge in [0.1, 0.15) is 23.8 Å². The summed E-state index contributed by atoms with van der Waals surface area (Å²) < 4.78 is 4.20. The van der Waals surface area contributed by atoms with E-state index in [0.29, 0.717) is 0 Å². The molecule has 0 heterocycles. The van der Waals surface area contributed by atoms with Gasteiger partial charge in [0.15, 0.2) is 0 Å². The van der Waals surface area contributed by atoms with Gasteiger partial charge in [-0.25, -0.2) is 0 Å². The van der Waals surface area contributed by atoms with Crippen LogP contribution in [0.15, 0.2) is 0 Å². The van der Waals surface area contributed by atoms with E-state index >= 15 is 0 Å². The maximum absolute atomic E-state index is 11.0. The van der Waals surface area contributed by atoms with Crippen LogP contribution in [0.25, 0.3) is 0 Å². The third-order valence-corrected chi connectivity index (χ3v) is 2.26. The summed E-state index contributed by atoms with van der Waals surface area (Å²) in [6.45, 7) is 8.61. The van der Waals surface area contributed by atoms with E-state index in [1.807, 2.05) is 27.7 Å². The standard InChI is InChI=1S/C9H16O2.C5H8O3/c1-6(2)8(10)5-9(11)7(3)4;1-4(6)3-5(7)8-2/h6-7H,5H2,1-4H3;3H2,1-2H3. The van der Waals surface area contributed by atoms with Crippen molar-refractivity contribution < 1.29 is 23.9 Å². The first-order chi connectivity index (χ1) is 8.61. The molecule has 5 nitrogen and oxygen atoms in total. The number of rotatable bonds is 6. The first-order valence-corrected chi connectivity index (χ1v) is 6.23. The molecule has 0 aliphatic rings. The number of ether oxygens (including phenoxy) is 1. The van der Waals surface area contributed by atoms with Gasteiger partial charge in [-0.3, -0.25) is 19.2 Å². The second-order valence-corrected chi connectivity index (χ2v) is 4.87. The maximum Gasteiger partial charge on any atom is 0.313 e. The van der Waals surface area contributed by atoms with Gasteiger partial charge in [-0.15, -0.1) is 0 Å². The third kappa shape index (κ3) is 12.7. The van der Waals surface area contributed by atoms with Gasteiger partial charge in [0.2, 0.25) is 0 Å². The smallest absolute Gasteiger partial charge is 0.313 e. The van der Waals surface area contributed by atoms with Crippen molar-refractivity contribution in [1.82, 2.24) is 0 Å². The zero-order valence-electron chi connectivity index (χ0n) is 12.6. The van der Waals surface area contributed by atoms with Crippen molar-refractivity contribution in [1.29, 1.82) is 0 Å². The maximum atomic E-state index is 11.0. The second-order valence-electron chi connectivity index (χ2n) is 4.87. The van der Waals surface area contributed by atoms with E-state index in [1.165, 1.54) is 14.0 Å². The molecule has 0 aromatic carbocycles. The summed E-state index contributed by atoms with van der Waals surface area (Å²) in [6.07, 6.45) is -0.00810. The van der Waals surface area contributed by atoms with Crippen LogP contribution >= 0.6 is 0 Å². The zero-order chi connectivity index (χ0) is 15.6. The first-order valence-electron chi connectivity index (χ1n) is 6.23. The molecule has 5 heteroatoms. The summed E-state index contributed by atoms with van der Waals surface area (Å²) in [7, 11) is 1.26. The number of carbonyl (C=O) groups is 4. The van der Waals surface area contributed by atoms with Gasteiger partial charge in [-0.1, -0.05) is 27.7 Å². The van der Waals surface area contributed by atoms with E-state index in [0.717, 1.165) is 0 Å². The minimum absolute atomic E-state index is 0.0160. The third-order valence-electron chi connectivity index (χ3n) is 2.26. The van der Waals surface area contributed by atoms with Gasteiger partial charge in [0.05, 0.1) is 13.5 Å². The molecular formula is C14H24O5. The SMILES string of the molecule is CC(C)C(=O)CC(=O)C(C)C.COC(=O)CC(C)=O. The van der Waals surface area contributed by atoms with E-state index in [1.54, 1.807) is 0 Å². The van der Waals surface area contributed by atoms with Crippen molar-refractivity contribution in [3.63, 3.8) is 0 Å². The average molecular weight is 272 g/mol. The van der Waals surface area contributed by atoms with Gasteiger partial charge in [-0.2, -0.15) is 0 Å². The Morgan fingerprint density at radius 2 is 1.21 bits per heavy atom. The fourth-order valence-electron chi connectivity index (χ4n) is 0.855. The zero-order valence-corrected chi connectivity index (χ0v) is 12.6. The number of methoxy groups -OCH3 is 1. The lowest BCUT2D eigenvalue weighted by molar-refractivity contribution is -0.143. The Labute approximate surface area is 114 Å². The van der Waals surface area contributed by atoms with Crippen LogP contribution < -0.4 is 0 Å². The van der Waals surface area contributed by atoms with E-state index in [9.17, 15) is 19.2 Å². The molecule has 0 aromatic rings. The molecule has 0 rings (SSSR count). The molecule has 0 unspecified atom stereocenters. The van der Waals surface area contributed by atoms with E-state index < -0.39 is 5.97 Å². The lowest BCUT2D eigenvalue weighted by Crippen LogP contribution is -2.16. The Bertz CT molecular complexity index is 311. The van der Waals surface area contributed by atoms with Gasteiger partial charge in [0.25, 0.3) is 0 Å². The Balaban J connectivity index is 0. The largest absolute Gasteiger partial charge is 0.469 e. The molecule has 0 bridgehead atoms. The molecule has 0 radical (unpaired) electrons. The number of ketones is 3. The molecular weight excluding hydrogens is 248 g/mol. The summed E-state index contributed by atoms with van der Waals surface area (Å²) in [4.78, 5) is 42.4. The van der Waals surface area contributed by atoms with Crippen LogP contribution in [0, 0.1) is 11.8 Å². The summed E-state index contributed by atoms with van der Waals surface area (Å²) in [5, 5.41) is 0. The minimum Gasteiger partial charge on any atom is -0.469 e. The van der Waals surface area contributed by atoms with Crippen molar-refractivity contribution in [3.05, 3.63) is 0 Å². The molecule has 0 amide bonds. The Hall–Kier alpha value is -1.52. The van der Waals surface area contributed by atoms with E-state index in [4.69, 9.17) is 0 Å². The molecule has 0 atom stereocenters. The number of hydrogen-bond donors (Lipinski definition) is 0. The summed E-state index contributed by atoms with van der Waals surface area (Å²) in [5.41, 5.74) is 0. The molecule has 0 saturated carbocycles. The Kier molecular flexibility index (Phi) is 10.9. The van der Waals surface area contributed by atoms with Crippen LogP contribution in [0.2, 0.25) is 0 Å². The molecule has 0 N–H and O–H groups in total. The molecule has 0 saturated heterocycles. The number of hydrogen-bond acceptors (Lipinski definition) is 5. The molecule has 110 valence electrons. The van der Waals surface area contributed by atoms with Crippen LogP contribution in [0.1, 0.15) is 47.5 Å². The van der Waals surface area contributed by atoms with Crippen LogP contribution in [-0.4, -0.2) is 30.4 Å². The highest BCUT2D eigenvalue weighted by Crippen LogP contribution is 2.04. The fraction of sp³-hybridized carbons (Fsp3) is 0.714. The van der Waals surface area contributed by atoms with Crippen molar-refractivity contribution in [2.75, 3.05) is 7.11 Å². The molecule has 0 aliphatic heterocycles. The summed E-state index contributed by atoms with van der Waals surface area (Å²) in [6, 6.07) is 0. The van der Waals surface area contributed by atoms with E-state index in [-0.39, 0.29) is 42.0 Å². The number of esters is 1. The number of Topliss-reactive ketones (excluding diaryl/α,β-unsaturated/α-hetero) is 3. The van der Waals surface area contributed by atoms with Gasteiger partial charge in [0, 0.05) is 11.8 Å². The monoisotopic (exact) mass is 272 g/mol. The van der Waals surface area contributed by atoms with E-state index in [2.05, 4.69) is 4.74 Å². The van der Waals surface area contributed by atoms with Gasteiger partial charge >= 0.3 is 5.97 Å². The van der Waals surface area contributed by atoms with Crippen LogP contribution in [0.4, 0.5) is 0 Å². The lowest BCUT2D eigenvalue weighted by Gasteiger charge is -2.04. The topological polar surface area (TPSA) is 77.5 Å². The highest BCUT2D eigenvalue weighted by Gasteiger charge is 2.14. The molecule has 0 aliphatic carbocycles. The van der Waals surface area contributed by atoms with Crippen LogP contribution in [0.3, 0.4) is 0 Å². The fourth-order valence-corrected chi connectivity index (χ4v) is 0.855. The predicted molar refractivity (Wildman–Crippen MR) is 71.6 cm³/mol. The lowest BCUT2D eigenvalue weighted by atomic mass is 9.98. The first kappa shape index (κ1) is 19.8. The Morgan fingerprint density at radius 1 is 0.842 bits per heavy atom. The molecule has 0 aromatic heterocycles. The normalized spacial score (nSPS) is 9.68. The van der Waals surface area contributed by atoms with Gasteiger partial charge in [-0.05, 0) is 6.92 Å². The van der Waals surface area contributed by atoms with Crippen molar-refractivity contribution in [3.8, 4) is 0 Å². The van der Waals surface area contributed by atoms with Crippen molar-refractivity contribution in [2.45, 2.75) is 47.5 Å². The molecule has 0 spiro atoms. The van der Waals surface area contributed by atoms with Crippen molar-refractivity contribution in [2.24, 2.45) is 11.8 Å². The summed E-state index contributed by atoms with van der Waals surface area (Å²) in [5.74, 6) is -0.586.